The molecule has 2 heteroatoms. The van der Waals surface area contributed by atoms with Gasteiger partial charge in [0.25, 0.3) is 0 Å². The van der Waals surface area contributed by atoms with Crippen molar-refractivity contribution in [1.29, 1.82) is 0 Å². The number of thiol groups is 1. The van der Waals surface area contributed by atoms with Crippen LogP contribution in [0.25, 0.3) is 0 Å². The monoisotopic (exact) mass is 223 g/mol. The Morgan fingerprint density at radius 2 is 1.67 bits per heavy atom. The fourth-order valence-electron chi connectivity index (χ4n) is 1.67. The minimum atomic E-state index is 0.823. The summed E-state index contributed by atoms with van der Waals surface area (Å²) in [6.07, 6.45) is 1.12. The quantitative estimate of drug-likeness (QED) is 0.607. The Hall–Kier alpha value is -0.470. The van der Waals surface area contributed by atoms with Crippen LogP contribution in [0.5, 0.6) is 0 Å². The molecule has 0 unspecified atom stereocenters. The van der Waals surface area contributed by atoms with Crippen molar-refractivity contribution in [2.75, 3.05) is 19.5 Å². The zero-order valence-corrected chi connectivity index (χ0v) is 11.1. The van der Waals surface area contributed by atoms with Crippen LogP contribution in [0.3, 0.4) is 0 Å². The Bertz CT molecular complexity index is 334. The van der Waals surface area contributed by atoms with Crippen molar-refractivity contribution < 1.29 is 0 Å². The molecular weight excluding hydrogens is 202 g/mol. The number of aryl methyl sites for hydroxylation is 3. The highest BCUT2D eigenvalue weighted by Crippen LogP contribution is 2.15. The molecule has 1 aromatic carbocycles. The van der Waals surface area contributed by atoms with Gasteiger partial charge in [-0.3, -0.25) is 4.90 Å². The molecule has 0 bridgehead atoms. The van der Waals surface area contributed by atoms with E-state index in [9.17, 15) is 0 Å². The van der Waals surface area contributed by atoms with Crippen LogP contribution in [-0.2, 0) is 6.42 Å². The predicted molar refractivity (Wildman–Crippen MR) is 70.8 cm³/mol. The highest BCUT2D eigenvalue weighted by Gasteiger charge is 2.03. The lowest BCUT2D eigenvalue weighted by molar-refractivity contribution is 0.398. The molecule has 0 fully saturated rings. The van der Waals surface area contributed by atoms with Crippen LogP contribution in [0.4, 0.5) is 0 Å². The van der Waals surface area contributed by atoms with E-state index in [2.05, 4.69) is 57.5 Å². The van der Waals surface area contributed by atoms with Gasteiger partial charge in [-0.05, 0) is 56.5 Å². The van der Waals surface area contributed by atoms with Gasteiger partial charge in [0, 0.05) is 12.4 Å². The highest BCUT2D eigenvalue weighted by molar-refractivity contribution is 7.80. The Morgan fingerprint density at radius 1 is 1.07 bits per heavy atom. The van der Waals surface area contributed by atoms with Gasteiger partial charge in [-0.25, -0.2) is 0 Å². The number of hydrogen-bond acceptors (Lipinski definition) is 2. The molecule has 0 aromatic heterocycles. The number of benzene rings is 1. The van der Waals surface area contributed by atoms with E-state index >= 15 is 0 Å². The van der Waals surface area contributed by atoms with E-state index in [4.69, 9.17) is 0 Å². The summed E-state index contributed by atoms with van der Waals surface area (Å²) in [6.45, 7) is 7.63. The fraction of sp³-hybridized carbons (Fsp3) is 0.538. The standard InChI is InChI=1S/C13H21NS/c1-10-7-12(3)13(8-11(10)2)5-6-14(4)9-15/h7-8,15H,5-6,9H2,1-4H3. The van der Waals surface area contributed by atoms with Crippen LogP contribution in [0, 0.1) is 20.8 Å². The maximum Gasteiger partial charge on any atom is 0.0411 e. The van der Waals surface area contributed by atoms with Crippen molar-refractivity contribution in [3.63, 3.8) is 0 Å². The minimum absolute atomic E-state index is 0.823. The first-order chi connectivity index (χ1) is 7.04. The molecule has 0 amide bonds. The molecule has 1 rings (SSSR count). The minimum Gasteiger partial charge on any atom is -0.297 e. The smallest absolute Gasteiger partial charge is 0.0411 e. The van der Waals surface area contributed by atoms with Gasteiger partial charge in [0.1, 0.15) is 0 Å². The number of nitrogens with zero attached hydrogens (tertiary/aromatic N) is 1. The molecule has 0 spiro atoms. The third-order valence-electron chi connectivity index (χ3n) is 2.96. The van der Waals surface area contributed by atoms with Crippen molar-refractivity contribution >= 4 is 12.6 Å². The summed E-state index contributed by atoms with van der Waals surface area (Å²) in [5.41, 5.74) is 5.65. The van der Waals surface area contributed by atoms with Crippen LogP contribution in [0.2, 0.25) is 0 Å². The van der Waals surface area contributed by atoms with Crippen molar-refractivity contribution in [3.05, 3.63) is 34.4 Å². The fourth-order valence-corrected chi connectivity index (χ4v) is 1.81. The lowest BCUT2D eigenvalue weighted by Crippen LogP contribution is -2.19. The van der Waals surface area contributed by atoms with E-state index in [1.807, 2.05) is 0 Å². The summed E-state index contributed by atoms with van der Waals surface area (Å²) in [7, 11) is 2.10. The second-order valence-electron chi connectivity index (χ2n) is 4.33. The first kappa shape index (κ1) is 12.6. The molecule has 0 aliphatic heterocycles. The molecule has 1 nitrogen and oxygen atoms in total. The van der Waals surface area contributed by atoms with Gasteiger partial charge >= 0.3 is 0 Å². The average molecular weight is 223 g/mol. The van der Waals surface area contributed by atoms with Crippen molar-refractivity contribution in [3.8, 4) is 0 Å². The number of likely N-dealkylation sites (N-methyl/N-ethyl adjacent to an activating group) is 1. The molecule has 0 N–H and O–H groups in total. The lowest BCUT2D eigenvalue weighted by Gasteiger charge is -2.15. The van der Waals surface area contributed by atoms with Crippen LogP contribution in [0.1, 0.15) is 22.3 Å². The van der Waals surface area contributed by atoms with Crippen LogP contribution >= 0.6 is 12.6 Å². The van der Waals surface area contributed by atoms with Crippen LogP contribution in [0.15, 0.2) is 12.1 Å². The summed E-state index contributed by atoms with van der Waals surface area (Å²) in [4.78, 5) is 2.22. The maximum atomic E-state index is 4.25. The summed E-state index contributed by atoms with van der Waals surface area (Å²) in [5, 5.41) is 0. The summed E-state index contributed by atoms with van der Waals surface area (Å²) in [6, 6.07) is 4.60. The molecule has 0 aliphatic carbocycles. The molecular formula is C13H21NS. The van der Waals surface area contributed by atoms with Crippen LogP contribution in [-0.4, -0.2) is 24.4 Å². The van der Waals surface area contributed by atoms with E-state index in [0.29, 0.717) is 0 Å². The SMILES string of the molecule is Cc1cc(C)c(CCN(C)CS)cc1C. The van der Waals surface area contributed by atoms with Crippen molar-refractivity contribution in [2.24, 2.45) is 0 Å². The molecule has 0 atom stereocenters. The van der Waals surface area contributed by atoms with E-state index in [1.54, 1.807) is 0 Å². The second-order valence-corrected chi connectivity index (χ2v) is 4.62. The van der Waals surface area contributed by atoms with Crippen molar-refractivity contribution in [1.82, 2.24) is 4.90 Å². The molecule has 0 aliphatic rings. The maximum absolute atomic E-state index is 4.25. The van der Waals surface area contributed by atoms with Gasteiger partial charge in [0.15, 0.2) is 0 Å². The normalized spacial score (nSPS) is 11.1. The largest absolute Gasteiger partial charge is 0.297 e. The van der Waals surface area contributed by atoms with E-state index in [-0.39, 0.29) is 0 Å². The molecule has 0 heterocycles. The first-order valence-electron chi connectivity index (χ1n) is 5.40. The predicted octanol–water partition coefficient (Wildman–Crippen LogP) is 2.97. The second kappa shape index (κ2) is 5.57. The Morgan fingerprint density at radius 3 is 2.27 bits per heavy atom. The first-order valence-corrected chi connectivity index (χ1v) is 6.04. The van der Waals surface area contributed by atoms with Gasteiger partial charge in [0.05, 0.1) is 0 Å². The molecule has 15 heavy (non-hydrogen) atoms. The molecule has 0 radical (unpaired) electrons. The number of hydrogen-bond donors (Lipinski definition) is 1. The summed E-state index contributed by atoms with van der Waals surface area (Å²) in [5.74, 6) is 0.823. The van der Waals surface area contributed by atoms with E-state index in [0.717, 1.165) is 18.8 Å². The average Bonchev–Trinajstić information content (AvgIpc) is 2.21. The van der Waals surface area contributed by atoms with E-state index < -0.39 is 0 Å². The van der Waals surface area contributed by atoms with Gasteiger partial charge in [-0.2, -0.15) is 12.6 Å². The Balaban J connectivity index is 2.73. The van der Waals surface area contributed by atoms with Gasteiger partial charge in [0.2, 0.25) is 0 Å². The molecule has 84 valence electrons. The Kier molecular flexibility index (Phi) is 4.68. The Labute approximate surface area is 98.9 Å². The molecule has 0 saturated heterocycles. The third kappa shape index (κ3) is 3.54. The lowest BCUT2D eigenvalue weighted by atomic mass is 9.99. The zero-order chi connectivity index (χ0) is 11.4. The molecule has 1 aromatic rings. The van der Waals surface area contributed by atoms with Crippen LogP contribution < -0.4 is 0 Å². The van der Waals surface area contributed by atoms with Gasteiger partial charge in [-0.15, -0.1) is 0 Å². The summed E-state index contributed by atoms with van der Waals surface area (Å²) >= 11 is 4.25. The van der Waals surface area contributed by atoms with Crippen molar-refractivity contribution in [2.45, 2.75) is 27.2 Å². The van der Waals surface area contributed by atoms with Gasteiger partial charge < -0.3 is 0 Å². The topological polar surface area (TPSA) is 3.24 Å². The highest BCUT2D eigenvalue weighted by atomic mass is 32.1. The van der Waals surface area contributed by atoms with Gasteiger partial charge in [-0.1, -0.05) is 12.1 Å². The third-order valence-corrected chi connectivity index (χ3v) is 3.44. The van der Waals surface area contributed by atoms with E-state index in [1.165, 1.54) is 22.3 Å². The summed E-state index contributed by atoms with van der Waals surface area (Å²) < 4.78 is 0. The number of rotatable bonds is 4. The zero-order valence-electron chi connectivity index (χ0n) is 10.2. The molecule has 0 saturated carbocycles.